The molecule has 0 unspecified atom stereocenters. The smallest absolute Gasteiger partial charge is 0.164 e. The van der Waals surface area contributed by atoms with Crippen LogP contribution in [-0.2, 0) is 11.2 Å². The molecule has 1 aromatic rings. The van der Waals surface area contributed by atoms with Crippen LogP contribution in [0.3, 0.4) is 0 Å². The Bertz CT molecular complexity index is 414. The Morgan fingerprint density at radius 1 is 1.25 bits per heavy atom. The van der Waals surface area contributed by atoms with Crippen LogP contribution in [0.1, 0.15) is 30.1 Å². The van der Waals surface area contributed by atoms with E-state index in [2.05, 4.69) is 6.07 Å². The third-order valence-electron chi connectivity index (χ3n) is 3.49. The molecule has 0 aromatic heterocycles. The maximum absolute atomic E-state index is 5.66. The Balaban J connectivity index is 2.11. The third kappa shape index (κ3) is 1.39. The summed E-state index contributed by atoms with van der Waals surface area (Å²) in [5.41, 5.74) is 2.56. The minimum absolute atomic E-state index is 0.303. The first kappa shape index (κ1) is 9.97. The van der Waals surface area contributed by atoms with Gasteiger partial charge in [-0.3, -0.25) is 0 Å². The quantitative estimate of drug-likeness (QED) is 0.717. The van der Waals surface area contributed by atoms with Crippen LogP contribution in [0.25, 0.3) is 0 Å². The lowest BCUT2D eigenvalue weighted by Crippen LogP contribution is -1.99. The van der Waals surface area contributed by atoms with Gasteiger partial charge in [0, 0.05) is 5.56 Å². The van der Waals surface area contributed by atoms with Crippen molar-refractivity contribution in [2.24, 2.45) is 0 Å². The van der Waals surface area contributed by atoms with Crippen molar-refractivity contribution in [2.45, 2.75) is 31.5 Å². The molecule has 1 aliphatic heterocycles. The lowest BCUT2D eigenvalue weighted by atomic mass is 10.0. The first-order valence-electron chi connectivity index (χ1n) is 5.74. The van der Waals surface area contributed by atoms with Crippen LogP contribution in [-0.4, -0.2) is 20.3 Å². The van der Waals surface area contributed by atoms with Gasteiger partial charge in [0.15, 0.2) is 11.5 Å². The topological polar surface area (TPSA) is 31.0 Å². The number of ether oxygens (including phenoxy) is 3. The summed E-state index contributed by atoms with van der Waals surface area (Å²) in [6.07, 6.45) is 4.13. The second-order valence-electron chi connectivity index (χ2n) is 4.36. The molecule has 2 aliphatic rings. The first-order valence-corrected chi connectivity index (χ1v) is 5.74. The summed E-state index contributed by atoms with van der Waals surface area (Å²) in [4.78, 5) is 0. The summed E-state index contributed by atoms with van der Waals surface area (Å²) in [5.74, 6) is 1.71. The maximum atomic E-state index is 5.66. The molecule has 0 N–H and O–H groups in total. The fourth-order valence-corrected chi connectivity index (χ4v) is 2.65. The van der Waals surface area contributed by atoms with E-state index in [4.69, 9.17) is 14.2 Å². The van der Waals surface area contributed by atoms with Gasteiger partial charge in [-0.1, -0.05) is 6.07 Å². The molecule has 0 radical (unpaired) electrons. The summed E-state index contributed by atoms with van der Waals surface area (Å²) in [6.45, 7) is 0. The monoisotopic (exact) mass is 220 g/mol. The number of hydrogen-bond donors (Lipinski definition) is 0. The summed E-state index contributed by atoms with van der Waals surface area (Å²) in [6, 6.07) is 4.09. The van der Waals surface area contributed by atoms with Gasteiger partial charge in [-0.15, -0.1) is 0 Å². The van der Waals surface area contributed by atoms with E-state index >= 15 is 0 Å². The van der Waals surface area contributed by atoms with Crippen molar-refractivity contribution in [3.8, 4) is 11.5 Å². The Labute approximate surface area is 95.3 Å². The Kier molecular flexibility index (Phi) is 2.28. The van der Waals surface area contributed by atoms with Gasteiger partial charge < -0.3 is 14.2 Å². The zero-order chi connectivity index (χ0) is 11.1. The molecule has 3 heteroatoms. The predicted molar refractivity (Wildman–Crippen MR) is 60.1 cm³/mol. The SMILES string of the molecule is COc1ccc2c(c1OC)CCC[C@H]1O[C@H]21. The van der Waals surface area contributed by atoms with Gasteiger partial charge in [0.1, 0.15) is 6.10 Å². The van der Waals surface area contributed by atoms with Crippen molar-refractivity contribution < 1.29 is 14.2 Å². The first-order chi connectivity index (χ1) is 7.85. The van der Waals surface area contributed by atoms with Crippen LogP contribution >= 0.6 is 0 Å². The molecule has 86 valence electrons. The van der Waals surface area contributed by atoms with Gasteiger partial charge in [0.25, 0.3) is 0 Å². The zero-order valence-electron chi connectivity index (χ0n) is 9.66. The van der Waals surface area contributed by atoms with Crippen molar-refractivity contribution in [1.82, 2.24) is 0 Å². The number of methoxy groups -OCH3 is 2. The van der Waals surface area contributed by atoms with Crippen LogP contribution in [0.4, 0.5) is 0 Å². The molecule has 1 saturated heterocycles. The molecule has 0 saturated carbocycles. The van der Waals surface area contributed by atoms with Crippen LogP contribution in [0, 0.1) is 0 Å². The van der Waals surface area contributed by atoms with E-state index in [-0.39, 0.29) is 0 Å². The van der Waals surface area contributed by atoms with Crippen LogP contribution < -0.4 is 9.47 Å². The second kappa shape index (κ2) is 3.67. The van der Waals surface area contributed by atoms with E-state index < -0.39 is 0 Å². The molecule has 0 spiro atoms. The van der Waals surface area contributed by atoms with E-state index in [1.54, 1.807) is 14.2 Å². The minimum Gasteiger partial charge on any atom is -0.493 e. The number of hydrogen-bond acceptors (Lipinski definition) is 3. The van der Waals surface area contributed by atoms with Gasteiger partial charge in [0.05, 0.1) is 20.3 Å². The lowest BCUT2D eigenvalue weighted by molar-refractivity contribution is 0.340. The van der Waals surface area contributed by atoms with E-state index in [9.17, 15) is 0 Å². The average Bonchev–Trinajstić information content (AvgIpc) is 3.06. The van der Waals surface area contributed by atoms with Crippen LogP contribution in [0.5, 0.6) is 11.5 Å². The molecular formula is C13H16O3. The Hall–Kier alpha value is -1.22. The Morgan fingerprint density at radius 2 is 2.12 bits per heavy atom. The number of rotatable bonds is 2. The van der Waals surface area contributed by atoms with Gasteiger partial charge in [-0.25, -0.2) is 0 Å². The highest BCUT2D eigenvalue weighted by Gasteiger charge is 2.43. The predicted octanol–water partition coefficient (Wildman–Crippen LogP) is 2.48. The average molecular weight is 220 g/mol. The summed E-state index contributed by atoms with van der Waals surface area (Å²) >= 11 is 0. The van der Waals surface area contributed by atoms with Crippen molar-refractivity contribution in [1.29, 1.82) is 0 Å². The zero-order valence-corrected chi connectivity index (χ0v) is 9.66. The maximum Gasteiger partial charge on any atom is 0.164 e. The summed E-state index contributed by atoms with van der Waals surface area (Å²) < 4.78 is 16.5. The minimum atomic E-state index is 0.303. The summed E-state index contributed by atoms with van der Waals surface area (Å²) in [7, 11) is 3.38. The molecule has 1 aliphatic carbocycles. The molecule has 2 atom stereocenters. The Morgan fingerprint density at radius 3 is 2.88 bits per heavy atom. The summed E-state index contributed by atoms with van der Waals surface area (Å²) in [5, 5.41) is 0. The molecule has 3 nitrogen and oxygen atoms in total. The van der Waals surface area contributed by atoms with E-state index in [0.717, 1.165) is 30.8 Å². The number of epoxide rings is 1. The molecule has 1 fully saturated rings. The van der Waals surface area contributed by atoms with Crippen LogP contribution in [0.2, 0.25) is 0 Å². The van der Waals surface area contributed by atoms with Crippen molar-refractivity contribution in [2.75, 3.05) is 14.2 Å². The van der Waals surface area contributed by atoms with E-state index in [1.807, 2.05) is 6.07 Å². The van der Waals surface area contributed by atoms with Crippen molar-refractivity contribution in [3.63, 3.8) is 0 Å². The molecule has 0 bridgehead atoms. The van der Waals surface area contributed by atoms with Crippen LogP contribution in [0.15, 0.2) is 12.1 Å². The highest BCUT2D eigenvalue weighted by atomic mass is 16.6. The van der Waals surface area contributed by atoms with Crippen molar-refractivity contribution >= 4 is 0 Å². The molecule has 1 heterocycles. The van der Waals surface area contributed by atoms with E-state index in [0.29, 0.717) is 12.2 Å². The normalized spacial score (nSPS) is 26.4. The highest BCUT2D eigenvalue weighted by molar-refractivity contribution is 5.53. The largest absolute Gasteiger partial charge is 0.493 e. The third-order valence-corrected chi connectivity index (χ3v) is 3.49. The molecular weight excluding hydrogens is 204 g/mol. The van der Waals surface area contributed by atoms with Gasteiger partial charge >= 0.3 is 0 Å². The standard InChI is InChI=1S/C13H16O3/c1-14-10-7-6-9-8(12(10)15-2)4-3-5-11-13(9)16-11/h6-7,11,13H,3-5H2,1-2H3/t11-,13-/m1/s1. The number of fused-ring (bicyclic) bond motifs is 3. The van der Waals surface area contributed by atoms with Gasteiger partial charge in [0.2, 0.25) is 0 Å². The fraction of sp³-hybridized carbons (Fsp3) is 0.538. The number of benzene rings is 1. The van der Waals surface area contributed by atoms with E-state index in [1.165, 1.54) is 11.1 Å². The van der Waals surface area contributed by atoms with Gasteiger partial charge in [-0.2, -0.15) is 0 Å². The molecule has 3 rings (SSSR count). The fourth-order valence-electron chi connectivity index (χ4n) is 2.65. The molecule has 16 heavy (non-hydrogen) atoms. The van der Waals surface area contributed by atoms with Crippen molar-refractivity contribution in [3.05, 3.63) is 23.3 Å². The second-order valence-corrected chi connectivity index (χ2v) is 4.36. The molecule has 1 aromatic carbocycles. The highest BCUT2D eigenvalue weighted by Crippen LogP contribution is 2.49. The molecule has 0 amide bonds. The van der Waals surface area contributed by atoms with Gasteiger partial charge in [-0.05, 0) is 30.9 Å². The lowest BCUT2D eigenvalue weighted by Gasteiger charge is -2.15.